The fourth-order valence-corrected chi connectivity index (χ4v) is 2.91. The summed E-state index contributed by atoms with van der Waals surface area (Å²) in [7, 11) is 0. The maximum Gasteiger partial charge on any atom is 0.0600 e. The molecular formula is C16H17ClN2. The number of nitrogens with two attached hydrogens (primary N) is 1. The molecule has 1 saturated heterocycles. The Bertz CT molecular complexity index is 589. The summed E-state index contributed by atoms with van der Waals surface area (Å²) in [6.07, 6.45) is 2.51. The van der Waals surface area contributed by atoms with Gasteiger partial charge in [-0.15, -0.1) is 0 Å². The molecule has 0 spiro atoms. The van der Waals surface area contributed by atoms with Gasteiger partial charge in [0.05, 0.1) is 11.4 Å². The molecule has 0 amide bonds. The Morgan fingerprint density at radius 1 is 1.00 bits per heavy atom. The van der Waals surface area contributed by atoms with Crippen LogP contribution in [0.15, 0.2) is 42.5 Å². The van der Waals surface area contributed by atoms with Crippen molar-refractivity contribution in [1.82, 2.24) is 0 Å². The zero-order chi connectivity index (χ0) is 13.2. The normalized spacial score (nSPS) is 14.9. The molecule has 1 aliphatic rings. The molecule has 3 rings (SSSR count). The minimum atomic E-state index is 0.760. The molecule has 0 radical (unpaired) electrons. The van der Waals surface area contributed by atoms with Gasteiger partial charge in [-0.3, -0.25) is 0 Å². The summed E-state index contributed by atoms with van der Waals surface area (Å²) in [5.74, 6) is 0. The van der Waals surface area contributed by atoms with Crippen LogP contribution in [-0.2, 0) is 0 Å². The SMILES string of the molecule is Nc1cc(-c2ccccc2Cl)ccc1N1CCCC1. The summed E-state index contributed by atoms with van der Waals surface area (Å²) < 4.78 is 0. The molecule has 19 heavy (non-hydrogen) atoms. The van der Waals surface area contributed by atoms with E-state index in [-0.39, 0.29) is 0 Å². The second-order valence-electron chi connectivity index (χ2n) is 4.95. The van der Waals surface area contributed by atoms with Gasteiger partial charge in [-0.2, -0.15) is 0 Å². The topological polar surface area (TPSA) is 29.3 Å². The summed E-state index contributed by atoms with van der Waals surface area (Å²) in [4.78, 5) is 2.35. The van der Waals surface area contributed by atoms with Crippen LogP contribution in [0, 0.1) is 0 Å². The molecule has 2 aromatic carbocycles. The highest BCUT2D eigenvalue weighted by atomic mass is 35.5. The summed E-state index contributed by atoms with van der Waals surface area (Å²) >= 11 is 6.23. The Morgan fingerprint density at radius 3 is 2.42 bits per heavy atom. The van der Waals surface area contributed by atoms with Crippen LogP contribution in [0.3, 0.4) is 0 Å². The van der Waals surface area contributed by atoms with Gasteiger partial charge in [-0.1, -0.05) is 35.9 Å². The minimum Gasteiger partial charge on any atom is -0.397 e. The van der Waals surface area contributed by atoms with Crippen molar-refractivity contribution in [2.24, 2.45) is 0 Å². The van der Waals surface area contributed by atoms with Gasteiger partial charge >= 0.3 is 0 Å². The van der Waals surface area contributed by atoms with E-state index in [1.54, 1.807) is 0 Å². The van der Waals surface area contributed by atoms with Crippen molar-refractivity contribution in [3.63, 3.8) is 0 Å². The van der Waals surface area contributed by atoms with Crippen LogP contribution in [0.5, 0.6) is 0 Å². The lowest BCUT2D eigenvalue weighted by atomic mass is 10.0. The van der Waals surface area contributed by atoms with Crippen molar-refractivity contribution in [1.29, 1.82) is 0 Å². The molecule has 0 unspecified atom stereocenters. The zero-order valence-electron chi connectivity index (χ0n) is 10.8. The van der Waals surface area contributed by atoms with Crippen molar-refractivity contribution in [2.75, 3.05) is 23.7 Å². The van der Waals surface area contributed by atoms with Gasteiger partial charge in [0.1, 0.15) is 0 Å². The van der Waals surface area contributed by atoms with Gasteiger partial charge in [0.15, 0.2) is 0 Å². The number of anilines is 2. The summed E-state index contributed by atoms with van der Waals surface area (Å²) in [5.41, 5.74) is 10.3. The van der Waals surface area contributed by atoms with Gasteiger partial charge in [0, 0.05) is 23.7 Å². The fourth-order valence-electron chi connectivity index (χ4n) is 2.66. The van der Waals surface area contributed by atoms with Gasteiger partial charge < -0.3 is 10.6 Å². The maximum absolute atomic E-state index is 6.23. The number of nitrogens with zero attached hydrogens (tertiary/aromatic N) is 1. The predicted octanol–water partition coefficient (Wildman–Crippen LogP) is 4.19. The summed E-state index contributed by atoms with van der Waals surface area (Å²) in [6.45, 7) is 2.21. The number of rotatable bonds is 2. The van der Waals surface area contributed by atoms with E-state index >= 15 is 0 Å². The highest BCUT2D eigenvalue weighted by molar-refractivity contribution is 6.33. The second kappa shape index (κ2) is 5.14. The first-order valence-corrected chi connectivity index (χ1v) is 7.03. The Balaban J connectivity index is 1.97. The molecule has 0 atom stereocenters. The predicted molar refractivity (Wildman–Crippen MR) is 82.7 cm³/mol. The van der Waals surface area contributed by atoms with Crippen molar-refractivity contribution < 1.29 is 0 Å². The molecule has 0 bridgehead atoms. The molecule has 2 nitrogen and oxygen atoms in total. The molecule has 0 aromatic heterocycles. The van der Waals surface area contributed by atoms with Gasteiger partial charge in [0.25, 0.3) is 0 Å². The van der Waals surface area contributed by atoms with Crippen LogP contribution in [0.1, 0.15) is 12.8 Å². The first kappa shape index (κ1) is 12.4. The van der Waals surface area contributed by atoms with Gasteiger partial charge in [0.2, 0.25) is 0 Å². The van der Waals surface area contributed by atoms with E-state index in [2.05, 4.69) is 17.0 Å². The van der Waals surface area contributed by atoms with Crippen molar-refractivity contribution >= 4 is 23.0 Å². The monoisotopic (exact) mass is 272 g/mol. The van der Waals surface area contributed by atoms with Crippen molar-refractivity contribution in [3.8, 4) is 11.1 Å². The van der Waals surface area contributed by atoms with Gasteiger partial charge in [-0.25, -0.2) is 0 Å². The molecule has 1 fully saturated rings. The van der Waals surface area contributed by atoms with E-state index in [0.717, 1.165) is 40.6 Å². The lowest BCUT2D eigenvalue weighted by molar-refractivity contribution is 0.949. The standard InChI is InChI=1S/C16H17ClN2/c17-14-6-2-1-5-13(14)12-7-8-16(15(18)11-12)19-9-3-4-10-19/h1-2,5-8,11H,3-4,9-10,18H2. The molecule has 1 heterocycles. The smallest absolute Gasteiger partial charge is 0.0600 e. The average molecular weight is 273 g/mol. The average Bonchev–Trinajstić information content (AvgIpc) is 2.93. The van der Waals surface area contributed by atoms with Crippen LogP contribution in [-0.4, -0.2) is 13.1 Å². The lowest BCUT2D eigenvalue weighted by Crippen LogP contribution is -2.18. The van der Waals surface area contributed by atoms with E-state index in [1.807, 2.05) is 30.3 Å². The third-order valence-corrected chi connectivity index (χ3v) is 3.99. The molecule has 3 heteroatoms. The molecule has 0 aliphatic carbocycles. The second-order valence-corrected chi connectivity index (χ2v) is 5.35. The molecule has 1 aliphatic heterocycles. The minimum absolute atomic E-state index is 0.760. The molecule has 98 valence electrons. The van der Waals surface area contributed by atoms with E-state index in [0.29, 0.717) is 0 Å². The van der Waals surface area contributed by atoms with Crippen molar-refractivity contribution in [3.05, 3.63) is 47.5 Å². The molecular weight excluding hydrogens is 256 g/mol. The Hall–Kier alpha value is -1.67. The molecule has 0 saturated carbocycles. The Morgan fingerprint density at radius 2 is 1.74 bits per heavy atom. The van der Waals surface area contributed by atoms with E-state index in [4.69, 9.17) is 17.3 Å². The quantitative estimate of drug-likeness (QED) is 0.831. The van der Waals surface area contributed by atoms with Crippen LogP contribution in [0.4, 0.5) is 11.4 Å². The number of hydrogen-bond donors (Lipinski definition) is 1. The van der Waals surface area contributed by atoms with E-state index in [1.165, 1.54) is 12.8 Å². The van der Waals surface area contributed by atoms with Crippen LogP contribution >= 0.6 is 11.6 Å². The summed E-state index contributed by atoms with van der Waals surface area (Å²) in [6, 6.07) is 14.1. The third-order valence-electron chi connectivity index (χ3n) is 3.66. The van der Waals surface area contributed by atoms with Crippen LogP contribution in [0.25, 0.3) is 11.1 Å². The van der Waals surface area contributed by atoms with Crippen molar-refractivity contribution in [2.45, 2.75) is 12.8 Å². The van der Waals surface area contributed by atoms with E-state index in [9.17, 15) is 0 Å². The fraction of sp³-hybridized carbons (Fsp3) is 0.250. The Kier molecular flexibility index (Phi) is 3.34. The molecule has 2 N–H and O–H groups in total. The maximum atomic E-state index is 6.23. The first-order chi connectivity index (χ1) is 9.25. The molecule has 2 aromatic rings. The number of hydrogen-bond acceptors (Lipinski definition) is 2. The highest BCUT2D eigenvalue weighted by Crippen LogP contribution is 2.34. The lowest BCUT2D eigenvalue weighted by Gasteiger charge is -2.20. The zero-order valence-corrected chi connectivity index (χ0v) is 11.5. The Labute approximate surface area is 118 Å². The van der Waals surface area contributed by atoms with Crippen LogP contribution in [0.2, 0.25) is 5.02 Å². The number of benzene rings is 2. The number of halogens is 1. The largest absolute Gasteiger partial charge is 0.397 e. The number of nitrogen functional groups attached to an aromatic ring is 1. The van der Waals surface area contributed by atoms with Gasteiger partial charge in [-0.05, 0) is 36.6 Å². The van der Waals surface area contributed by atoms with E-state index < -0.39 is 0 Å². The first-order valence-electron chi connectivity index (χ1n) is 6.65. The summed E-state index contributed by atoms with van der Waals surface area (Å²) in [5, 5.41) is 0.760. The van der Waals surface area contributed by atoms with Crippen LogP contribution < -0.4 is 10.6 Å². The highest BCUT2D eigenvalue weighted by Gasteiger charge is 2.15. The third kappa shape index (κ3) is 2.41.